The van der Waals surface area contributed by atoms with E-state index in [-0.39, 0.29) is 5.82 Å². The zero-order valence-corrected chi connectivity index (χ0v) is 16.2. The molecule has 1 aliphatic rings. The Hall–Kier alpha value is -2.91. The first-order chi connectivity index (χ1) is 13.6. The number of hydrogen-bond donors (Lipinski definition) is 0. The molecule has 0 amide bonds. The van der Waals surface area contributed by atoms with Gasteiger partial charge in [0.05, 0.1) is 5.52 Å². The summed E-state index contributed by atoms with van der Waals surface area (Å²) in [6, 6.07) is 22.0. The Labute approximate surface area is 164 Å². The monoisotopic (exact) mass is 370 g/mol. The van der Waals surface area contributed by atoms with Crippen molar-refractivity contribution in [2.75, 3.05) is 13.6 Å². The van der Waals surface area contributed by atoms with E-state index >= 15 is 0 Å². The second-order valence-electron chi connectivity index (χ2n) is 7.83. The van der Waals surface area contributed by atoms with Gasteiger partial charge < -0.3 is 9.47 Å². The van der Waals surface area contributed by atoms with E-state index in [4.69, 9.17) is 0 Å². The van der Waals surface area contributed by atoms with E-state index in [1.165, 1.54) is 45.5 Å². The van der Waals surface area contributed by atoms with E-state index in [1.54, 1.807) is 0 Å². The maximum absolute atomic E-state index is 13.3. The molecule has 0 saturated carbocycles. The summed E-state index contributed by atoms with van der Waals surface area (Å²) in [6.07, 6.45) is 1.04. The number of benzene rings is 3. The molecule has 4 aromatic rings. The van der Waals surface area contributed by atoms with Crippen LogP contribution in [0.5, 0.6) is 0 Å². The molecule has 0 unspecified atom stereocenters. The molecular weight excluding hydrogens is 347 g/mol. The highest BCUT2D eigenvalue weighted by Crippen LogP contribution is 2.34. The molecule has 5 rings (SSSR count). The molecule has 3 aromatic carbocycles. The first-order valence-corrected chi connectivity index (χ1v) is 9.78. The van der Waals surface area contributed by atoms with Crippen molar-refractivity contribution in [3.8, 4) is 16.8 Å². The van der Waals surface area contributed by atoms with Gasteiger partial charge in [-0.05, 0) is 67.1 Å². The molecule has 28 heavy (non-hydrogen) atoms. The normalized spacial score (nSPS) is 14.4. The summed E-state index contributed by atoms with van der Waals surface area (Å²) >= 11 is 0. The Balaban J connectivity index is 1.72. The van der Waals surface area contributed by atoms with E-state index in [0.717, 1.165) is 30.6 Å². The number of rotatable bonds is 2. The lowest BCUT2D eigenvalue weighted by molar-refractivity contribution is 0.311. The molecule has 0 saturated heterocycles. The molecule has 140 valence electrons. The number of hydrogen-bond acceptors (Lipinski definition) is 1. The minimum atomic E-state index is -0.204. The highest BCUT2D eigenvalue weighted by Gasteiger charge is 2.23. The molecule has 1 aromatic heterocycles. The first kappa shape index (κ1) is 17.2. The van der Waals surface area contributed by atoms with E-state index < -0.39 is 0 Å². The standard InChI is InChI=1S/C25H23FN2/c1-17-6-11-24-22(14-17)23-16-27(2)13-12-25(23)28(24)21-5-3-4-19(15-21)18-7-9-20(26)10-8-18/h3-11,14-15H,12-13,16H2,1-2H3. The van der Waals surface area contributed by atoms with E-state index in [2.05, 4.69) is 65.9 Å². The molecule has 0 N–H and O–H groups in total. The van der Waals surface area contributed by atoms with Gasteiger partial charge in [-0.15, -0.1) is 0 Å². The van der Waals surface area contributed by atoms with Crippen LogP contribution in [0.1, 0.15) is 16.8 Å². The second kappa shape index (κ2) is 6.61. The number of nitrogens with zero attached hydrogens (tertiary/aromatic N) is 2. The van der Waals surface area contributed by atoms with Crippen LogP contribution in [0.3, 0.4) is 0 Å². The average Bonchev–Trinajstić information content (AvgIpc) is 3.01. The Morgan fingerprint density at radius 2 is 1.71 bits per heavy atom. The van der Waals surface area contributed by atoms with Crippen LogP contribution in [0.2, 0.25) is 0 Å². The third-order valence-electron chi connectivity index (χ3n) is 5.78. The maximum atomic E-state index is 13.3. The third kappa shape index (κ3) is 2.83. The second-order valence-corrected chi connectivity index (χ2v) is 7.83. The molecule has 0 fully saturated rings. The van der Waals surface area contributed by atoms with Crippen molar-refractivity contribution in [3.05, 3.63) is 89.4 Å². The molecule has 0 spiro atoms. The van der Waals surface area contributed by atoms with Crippen LogP contribution < -0.4 is 0 Å². The highest BCUT2D eigenvalue weighted by molar-refractivity contribution is 5.88. The average molecular weight is 370 g/mol. The van der Waals surface area contributed by atoms with Gasteiger partial charge in [-0.3, -0.25) is 0 Å². The van der Waals surface area contributed by atoms with Crippen LogP contribution in [0.15, 0.2) is 66.7 Å². The number of fused-ring (bicyclic) bond motifs is 3. The summed E-state index contributed by atoms with van der Waals surface area (Å²) in [5, 5.41) is 1.36. The van der Waals surface area contributed by atoms with Crippen LogP contribution >= 0.6 is 0 Å². The molecule has 2 nitrogen and oxygen atoms in total. The van der Waals surface area contributed by atoms with Crippen molar-refractivity contribution < 1.29 is 4.39 Å². The molecule has 0 radical (unpaired) electrons. The SMILES string of the molecule is Cc1ccc2c(c1)c1c(n2-c2cccc(-c3ccc(F)cc3)c2)CCN(C)C1. The Bertz CT molecular complexity index is 1170. The fourth-order valence-electron chi connectivity index (χ4n) is 4.37. The van der Waals surface area contributed by atoms with Crippen LogP contribution in [-0.2, 0) is 13.0 Å². The molecular formula is C25H23FN2. The molecule has 1 aliphatic heterocycles. The van der Waals surface area contributed by atoms with Gasteiger partial charge in [-0.25, -0.2) is 4.39 Å². The van der Waals surface area contributed by atoms with E-state index in [0.29, 0.717) is 0 Å². The van der Waals surface area contributed by atoms with Crippen molar-refractivity contribution in [1.29, 1.82) is 0 Å². The minimum absolute atomic E-state index is 0.204. The summed E-state index contributed by atoms with van der Waals surface area (Å²) in [4.78, 5) is 2.39. The van der Waals surface area contributed by atoms with Gasteiger partial charge in [0.15, 0.2) is 0 Å². The zero-order valence-electron chi connectivity index (χ0n) is 16.2. The summed E-state index contributed by atoms with van der Waals surface area (Å²) in [5.41, 5.74) is 8.72. The number of aryl methyl sites for hydroxylation is 1. The van der Waals surface area contributed by atoms with Gasteiger partial charge in [0.25, 0.3) is 0 Å². The molecule has 0 bridgehead atoms. The lowest BCUT2D eigenvalue weighted by Gasteiger charge is -2.24. The van der Waals surface area contributed by atoms with Crippen molar-refractivity contribution in [2.45, 2.75) is 19.9 Å². The number of likely N-dealkylation sites (N-methyl/N-ethyl adjacent to an activating group) is 1. The largest absolute Gasteiger partial charge is 0.313 e. The van der Waals surface area contributed by atoms with E-state index in [1.807, 2.05) is 12.1 Å². The predicted molar refractivity (Wildman–Crippen MR) is 113 cm³/mol. The zero-order chi connectivity index (χ0) is 19.3. The lowest BCUT2D eigenvalue weighted by atomic mass is 10.0. The Kier molecular flexibility index (Phi) is 4.06. The number of halogens is 1. The van der Waals surface area contributed by atoms with Gasteiger partial charge in [-0.2, -0.15) is 0 Å². The predicted octanol–water partition coefficient (Wildman–Crippen LogP) is 5.73. The van der Waals surface area contributed by atoms with Crippen LogP contribution in [-0.4, -0.2) is 23.1 Å². The topological polar surface area (TPSA) is 8.17 Å². The van der Waals surface area contributed by atoms with Crippen LogP contribution in [0.4, 0.5) is 4.39 Å². The van der Waals surface area contributed by atoms with Crippen molar-refractivity contribution in [3.63, 3.8) is 0 Å². The Morgan fingerprint density at radius 3 is 2.54 bits per heavy atom. The fraction of sp³-hybridized carbons (Fsp3) is 0.200. The highest BCUT2D eigenvalue weighted by atomic mass is 19.1. The van der Waals surface area contributed by atoms with Crippen LogP contribution in [0, 0.1) is 12.7 Å². The summed E-state index contributed by atoms with van der Waals surface area (Å²) in [6.45, 7) is 4.21. The maximum Gasteiger partial charge on any atom is 0.123 e. The quantitative estimate of drug-likeness (QED) is 0.437. The molecule has 2 heterocycles. The first-order valence-electron chi connectivity index (χ1n) is 9.78. The molecule has 0 aliphatic carbocycles. The third-order valence-corrected chi connectivity index (χ3v) is 5.78. The Morgan fingerprint density at radius 1 is 0.893 bits per heavy atom. The summed E-state index contributed by atoms with van der Waals surface area (Å²) in [7, 11) is 2.19. The van der Waals surface area contributed by atoms with Gasteiger partial charge in [0.2, 0.25) is 0 Å². The van der Waals surface area contributed by atoms with Gasteiger partial charge >= 0.3 is 0 Å². The fourth-order valence-corrected chi connectivity index (χ4v) is 4.37. The summed E-state index contributed by atoms with van der Waals surface area (Å²) < 4.78 is 15.7. The van der Waals surface area contributed by atoms with Gasteiger partial charge in [0, 0.05) is 36.3 Å². The van der Waals surface area contributed by atoms with Crippen molar-refractivity contribution >= 4 is 10.9 Å². The number of aromatic nitrogens is 1. The van der Waals surface area contributed by atoms with Crippen molar-refractivity contribution in [2.24, 2.45) is 0 Å². The molecule has 0 atom stereocenters. The van der Waals surface area contributed by atoms with Gasteiger partial charge in [-0.1, -0.05) is 35.9 Å². The van der Waals surface area contributed by atoms with Gasteiger partial charge in [0.1, 0.15) is 5.82 Å². The van der Waals surface area contributed by atoms with E-state index in [9.17, 15) is 4.39 Å². The lowest BCUT2D eigenvalue weighted by Crippen LogP contribution is -2.27. The minimum Gasteiger partial charge on any atom is -0.313 e. The molecule has 3 heteroatoms. The summed E-state index contributed by atoms with van der Waals surface area (Å²) in [5.74, 6) is -0.204. The van der Waals surface area contributed by atoms with Crippen LogP contribution in [0.25, 0.3) is 27.7 Å². The van der Waals surface area contributed by atoms with Crippen molar-refractivity contribution in [1.82, 2.24) is 9.47 Å². The smallest absolute Gasteiger partial charge is 0.123 e.